The number of nitrogens with zero attached hydrogens (tertiary/aromatic N) is 5. The van der Waals surface area contributed by atoms with Crippen LogP contribution in [-0.2, 0) is 11.2 Å². The number of aromatic nitrogens is 1. The number of nitrogens with two attached hydrogens (primary N) is 1. The number of hydrogen-bond donors (Lipinski definition) is 2. The molecule has 0 spiro atoms. The summed E-state index contributed by atoms with van der Waals surface area (Å²) in [6.45, 7) is 1.47. The third kappa shape index (κ3) is 5.21. The summed E-state index contributed by atoms with van der Waals surface area (Å²) in [5.74, 6) is -0.464. The lowest BCUT2D eigenvalue weighted by Crippen LogP contribution is -2.35. The molecule has 3 N–H and O–H groups in total. The molecule has 1 aromatic heterocycles. The fourth-order valence-corrected chi connectivity index (χ4v) is 4.91. The van der Waals surface area contributed by atoms with Crippen LogP contribution in [0.25, 0.3) is 0 Å². The Bertz CT molecular complexity index is 1160. The van der Waals surface area contributed by atoms with Gasteiger partial charge in [-0.2, -0.15) is 10.5 Å². The van der Waals surface area contributed by atoms with Crippen LogP contribution in [-0.4, -0.2) is 59.3 Å². The molecule has 3 rings (SSSR count). The van der Waals surface area contributed by atoms with E-state index in [1.807, 2.05) is 0 Å². The molecule has 0 saturated carbocycles. The van der Waals surface area contributed by atoms with Gasteiger partial charge in [-0.1, -0.05) is 49.0 Å². The van der Waals surface area contributed by atoms with Crippen LogP contribution in [0.1, 0.15) is 34.4 Å². The molecule has 2 amide bonds. The molecule has 0 bridgehead atoms. The van der Waals surface area contributed by atoms with Gasteiger partial charge >= 0.3 is 6.09 Å². The normalized spacial score (nSPS) is 16.8. The number of primary amides is 1. The topological polar surface area (TPSA) is 147 Å². The summed E-state index contributed by atoms with van der Waals surface area (Å²) in [5, 5.41) is 28.4. The number of halogens is 1. The fraction of sp³-hybridized carbons (Fsp3) is 0.348. The van der Waals surface area contributed by atoms with Crippen LogP contribution in [0.2, 0.25) is 0 Å². The van der Waals surface area contributed by atoms with Gasteiger partial charge in [-0.15, -0.1) is 0 Å². The second kappa shape index (κ2) is 10.9. The minimum atomic E-state index is -1.49. The maximum atomic E-state index is 14.6. The van der Waals surface area contributed by atoms with E-state index in [2.05, 4.69) is 17.1 Å². The highest BCUT2D eigenvalue weighted by Crippen LogP contribution is 2.39. The molecular weight excluding hydrogens is 459 g/mol. The zero-order valence-corrected chi connectivity index (χ0v) is 19.3. The molecule has 11 heteroatoms. The Labute approximate surface area is 200 Å². The van der Waals surface area contributed by atoms with E-state index >= 15 is 0 Å². The number of rotatable bonds is 6. The van der Waals surface area contributed by atoms with Gasteiger partial charge < -0.3 is 20.6 Å². The van der Waals surface area contributed by atoms with Crippen LogP contribution in [0, 0.1) is 22.7 Å². The van der Waals surface area contributed by atoms with Crippen LogP contribution in [0.4, 0.5) is 15.0 Å². The summed E-state index contributed by atoms with van der Waals surface area (Å²) in [7, 11) is 0. The molecule has 176 valence electrons. The largest absolute Gasteiger partial charge is 0.465 e. The van der Waals surface area contributed by atoms with Crippen LogP contribution in [0.15, 0.2) is 35.4 Å². The lowest BCUT2D eigenvalue weighted by atomic mass is 10.0. The van der Waals surface area contributed by atoms with Crippen molar-refractivity contribution in [2.24, 2.45) is 5.73 Å². The highest BCUT2D eigenvalue weighted by atomic mass is 32.2. The van der Waals surface area contributed by atoms with Crippen molar-refractivity contribution >= 4 is 29.6 Å². The van der Waals surface area contributed by atoms with E-state index in [0.29, 0.717) is 17.5 Å². The minimum absolute atomic E-state index is 0.0279. The van der Waals surface area contributed by atoms with Crippen molar-refractivity contribution in [2.75, 3.05) is 31.1 Å². The minimum Gasteiger partial charge on any atom is -0.465 e. The number of amides is 2. The van der Waals surface area contributed by atoms with Crippen molar-refractivity contribution in [1.82, 2.24) is 9.88 Å². The SMILES string of the molecule is CCc1c(C#N)c(SC(C(N)=O)c2ccccc2)nc(N2CCN(C(=O)O)CC(F)C2)c1C#N. The third-order valence-corrected chi connectivity index (χ3v) is 6.72. The molecule has 2 heterocycles. The highest BCUT2D eigenvalue weighted by Gasteiger charge is 2.31. The first-order valence-corrected chi connectivity index (χ1v) is 11.4. The Balaban J connectivity index is 2.12. The molecule has 2 unspecified atom stereocenters. The van der Waals surface area contributed by atoms with Crippen molar-refractivity contribution in [3.8, 4) is 12.1 Å². The first kappa shape index (κ1) is 24.8. The number of carboxylic acid groups (broad SMARTS) is 1. The van der Waals surface area contributed by atoms with Crippen LogP contribution >= 0.6 is 11.8 Å². The second-order valence-corrected chi connectivity index (χ2v) is 8.72. The third-order valence-electron chi connectivity index (χ3n) is 5.46. The van der Waals surface area contributed by atoms with Gasteiger partial charge in [0.25, 0.3) is 0 Å². The summed E-state index contributed by atoms with van der Waals surface area (Å²) < 4.78 is 14.6. The van der Waals surface area contributed by atoms with E-state index in [-0.39, 0.29) is 48.1 Å². The average molecular weight is 483 g/mol. The molecule has 1 fully saturated rings. The lowest BCUT2D eigenvalue weighted by Gasteiger charge is -2.26. The molecule has 2 aromatic rings. The van der Waals surface area contributed by atoms with Crippen LogP contribution < -0.4 is 10.6 Å². The Morgan fingerprint density at radius 1 is 1.24 bits per heavy atom. The first-order valence-electron chi connectivity index (χ1n) is 10.6. The van der Waals surface area contributed by atoms with Gasteiger partial charge in [0.05, 0.1) is 24.2 Å². The zero-order valence-electron chi connectivity index (χ0n) is 18.4. The van der Waals surface area contributed by atoms with Gasteiger partial charge in [0, 0.05) is 13.1 Å². The molecule has 9 nitrogen and oxygen atoms in total. The second-order valence-electron chi connectivity index (χ2n) is 7.63. The molecule has 1 saturated heterocycles. The Morgan fingerprint density at radius 3 is 2.47 bits per heavy atom. The number of pyridine rings is 1. The number of hydrogen-bond acceptors (Lipinski definition) is 7. The van der Waals surface area contributed by atoms with Crippen molar-refractivity contribution in [1.29, 1.82) is 10.5 Å². The fourth-order valence-electron chi connectivity index (χ4n) is 3.85. The van der Waals surface area contributed by atoms with Gasteiger partial charge in [-0.05, 0) is 17.5 Å². The highest BCUT2D eigenvalue weighted by molar-refractivity contribution is 8.00. The van der Waals surface area contributed by atoms with Crippen molar-refractivity contribution in [3.63, 3.8) is 0 Å². The van der Waals surface area contributed by atoms with E-state index in [1.54, 1.807) is 37.3 Å². The van der Waals surface area contributed by atoms with Crippen molar-refractivity contribution in [3.05, 3.63) is 52.6 Å². The number of alkyl halides is 1. The number of anilines is 1. The number of carbonyl (C=O) groups excluding carboxylic acids is 1. The van der Waals surface area contributed by atoms with E-state index in [1.165, 1.54) is 4.90 Å². The molecule has 1 aliphatic heterocycles. The van der Waals surface area contributed by atoms with Crippen LogP contribution in [0.5, 0.6) is 0 Å². The lowest BCUT2D eigenvalue weighted by molar-refractivity contribution is -0.117. The first-order chi connectivity index (χ1) is 16.3. The predicted octanol–water partition coefficient (Wildman–Crippen LogP) is 2.84. The molecule has 1 aliphatic rings. The Kier molecular flexibility index (Phi) is 7.92. The monoisotopic (exact) mass is 482 g/mol. The van der Waals surface area contributed by atoms with Crippen LogP contribution in [0.3, 0.4) is 0 Å². The molecule has 34 heavy (non-hydrogen) atoms. The summed E-state index contributed by atoms with van der Waals surface area (Å²) >= 11 is 0.997. The maximum Gasteiger partial charge on any atom is 0.407 e. The maximum absolute atomic E-state index is 14.6. The number of carbonyl (C=O) groups is 2. The Morgan fingerprint density at radius 2 is 1.91 bits per heavy atom. The zero-order chi connectivity index (χ0) is 24.8. The van der Waals surface area contributed by atoms with E-state index in [9.17, 15) is 29.6 Å². The molecule has 0 aliphatic carbocycles. The summed E-state index contributed by atoms with van der Waals surface area (Å²) in [4.78, 5) is 30.7. The average Bonchev–Trinajstić information content (AvgIpc) is 3.03. The van der Waals surface area contributed by atoms with Gasteiger partial charge in [-0.3, -0.25) is 4.79 Å². The van der Waals surface area contributed by atoms with Gasteiger partial charge in [-0.25, -0.2) is 14.2 Å². The van der Waals surface area contributed by atoms with E-state index in [4.69, 9.17) is 5.73 Å². The Hall–Kier alpha value is -3.83. The summed E-state index contributed by atoms with van der Waals surface area (Å²) in [6, 6.07) is 13.0. The van der Waals surface area contributed by atoms with Gasteiger partial charge in [0.1, 0.15) is 34.4 Å². The molecular formula is C23H23FN6O3S. The standard InChI is InChI=1S/C23H23FN6O3S/c1-2-16-17(10-25)21(29-8-9-30(23(32)33)13-15(24)12-29)28-22(18(16)11-26)34-19(20(27)31)14-6-4-3-5-7-14/h3-7,15,19H,2,8-9,12-13H2,1H3,(H2,27,31)(H,32,33). The predicted molar refractivity (Wildman–Crippen MR) is 124 cm³/mol. The number of thioether (sulfide) groups is 1. The van der Waals surface area contributed by atoms with Crippen molar-refractivity contribution in [2.45, 2.75) is 29.8 Å². The van der Waals surface area contributed by atoms with Gasteiger partial charge in [0.15, 0.2) is 0 Å². The molecule has 1 aromatic carbocycles. The molecule has 0 radical (unpaired) electrons. The summed E-state index contributed by atoms with van der Waals surface area (Å²) in [5.41, 5.74) is 7.01. The number of nitriles is 2. The smallest absolute Gasteiger partial charge is 0.407 e. The number of benzene rings is 1. The van der Waals surface area contributed by atoms with Gasteiger partial charge in [0.2, 0.25) is 5.91 Å². The molecule has 2 atom stereocenters. The summed E-state index contributed by atoms with van der Waals surface area (Å²) in [6.07, 6.45) is -2.39. The quantitative estimate of drug-likeness (QED) is 0.597. The van der Waals surface area contributed by atoms with E-state index < -0.39 is 23.4 Å². The van der Waals surface area contributed by atoms with E-state index in [0.717, 1.165) is 16.7 Å². The van der Waals surface area contributed by atoms with Crippen molar-refractivity contribution < 1.29 is 19.1 Å².